The van der Waals surface area contributed by atoms with Gasteiger partial charge in [-0.25, -0.2) is 9.59 Å². The van der Waals surface area contributed by atoms with Crippen LogP contribution in [0.5, 0.6) is 0 Å². The van der Waals surface area contributed by atoms with Crippen LogP contribution in [0.25, 0.3) is 5.53 Å². The zero-order chi connectivity index (χ0) is 18.8. The quantitative estimate of drug-likeness (QED) is 0.195. The number of fused-ring (bicyclic) bond motifs is 1. The van der Waals surface area contributed by atoms with Crippen molar-refractivity contribution in [1.29, 1.82) is 0 Å². The van der Waals surface area contributed by atoms with Crippen LogP contribution >= 0.6 is 0 Å². The molecular formula is C19H26N2O4. The van der Waals surface area contributed by atoms with Gasteiger partial charge in [-0.15, -0.1) is 0 Å². The van der Waals surface area contributed by atoms with Crippen molar-refractivity contribution in [1.82, 2.24) is 0 Å². The molecule has 0 radical (unpaired) electrons. The van der Waals surface area contributed by atoms with E-state index in [1.165, 1.54) is 5.57 Å². The average Bonchev–Trinajstić information content (AvgIpc) is 2.83. The molecule has 0 fully saturated rings. The van der Waals surface area contributed by atoms with Crippen molar-refractivity contribution in [3.05, 3.63) is 28.8 Å². The van der Waals surface area contributed by atoms with Crippen molar-refractivity contribution in [2.45, 2.75) is 53.1 Å². The molecule has 0 aromatic heterocycles. The van der Waals surface area contributed by atoms with E-state index in [9.17, 15) is 9.59 Å². The van der Waals surface area contributed by atoms with Crippen molar-refractivity contribution < 1.29 is 23.9 Å². The van der Waals surface area contributed by atoms with Gasteiger partial charge in [0, 0.05) is 6.42 Å². The number of carbonyl (C=O) groups is 2. The van der Waals surface area contributed by atoms with Gasteiger partial charge in [-0.05, 0) is 42.6 Å². The van der Waals surface area contributed by atoms with E-state index in [1.807, 2.05) is 6.92 Å². The van der Waals surface area contributed by atoms with Gasteiger partial charge < -0.3 is 15.0 Å². The van der Waals surface area contributed by atoms with Crippen LogP contribution in [0.2, 0.25) is 0 Å². The molecule has 0 N–H and O–H groups in total. The van der Waals surface area contributed by atoms with Gasteiger partial charge >= 0.3 is 17.7 Å². The minimum Gasteiger partial charge on any atom is -0.460 e. The maximum Gasteiger partial charge on any atom is 0.482 e. The Bertz CT molecular complexity index is 686. The molecule has 2 rings (SSSR count). The first-order valence-corrected chi connectivity index (χ1v) is 8.62. The Kier molecular flexibility index (Phi) is 5.63. The number of allylic oxidation sites excluding steroid dienone is 2. The molecule has 0 bridgehead atoms. The Balaban J connectivity index is 2.21. The van der Waals surface area contributed by atoms with E-state index in [2.05, 4.69) is 42.4 Å². The molecule has 6 nitrogen and oxygen atoms in total. The highest BCUT2D eigenvalue weighted by molar-refractivity contribution is 6.60. The topological polar surface area (TPSA) is 89.0 Å². The third-order valence-electron chi connectivity index (χ3n) is 5.66. The summed E-state index contributed by atoms with van der Waals surface area (Å²) >= 11 is 0. The Hall–Kier alpha value is -2.20. The second kappa shape index (κ2) is 7.36. The third kappa shape index (κ3) is 3.59. The van der Waals surface area contributed by atoms with Crippen LogP contribution in [0.4, 0.5) is 0 Å². The van der Waals surface area contributed by atoms with E-state index >= 15 is 0 Å². The molecule has 0 heterocycles. The lowest BCUT2D eigenvalue weighted by Gasteiger charge is -2.36. The highest BCUT2D eigenvalue weighted by Crippen LogP contribution is 2.53. The summed E-state index contributed by atoms with van der Waals surface area (Å²) in [5.41, 5.74) is 10.4. The minimum atomic E-state index is -1.02. The highest BCUT2D eigenvalue weighted by Gasteiger charge is 2.45. The second-order valence-corrected chi connectivity index (χ2v) is 7.42. The monoisotopic (exact) mass is 346 g/mol. The van der Waals surface area contributed by atoms with Crippen LogP contribution < -0.4 is 0 Å². The molecule has 2 aliphatic carbocycles. The van der Waals surface area contributed by atoms with Crippen molar-refractivity contribution in [2.24, 2.45) is 17.3 Å². The number of esters is 2. The molecule has 0 amide bonds. The van der Waals surface area contributed by atoms with Crippen LogP contribution in [-0.2, 0) is 19.1 Å². The van der Waals surface area contributed by atoms with Gasteiger partial charge in [-0.1, -0.05) is 38.5 Å². The van der Waals surface area contributed by atoms with Crippen molar-refractivity contribution >= 4 is 17.7 Å². The Labute approximate surface area is 148 Å². The molecule has 25 heavy (non-hydrogen) atoms. The summed E-state index contributed by atoms with van der Waals surface area (Å²) in [5, 5.41) is 0. The molecule has 136 valence electrons. The smallest absolute Gasteiger partial charge is 0.460 e. The molecular weight excluding hydrogens is 320 g/mol. The first kappa shape index (κ1) is 19.1. The van der Waals surface area contributed by atoms with Gasteiger partial charge in [0.05, 0.1) is 7.11 Å². The summed E-state index contributed by atoms with van der Waals surface area (Å²) in [4.78, 5) is 26.4. The number of rotatable bonds is 4. The fourth-order valence-electron chi connectivity index (χ4n) is 4.05. The number of nitrogens with zero attached hydrogens (tertiary/aromatic N) is 2. The molecule has 0 aromatic carbocycles. The van der Waals surface area contributed by atoms with Crippen LogP contribution in [-0.4, -0.2) is 35.7 Å². The molecule has 0 spiro atoms. The van der Waals surface area contributed by atoms with E-state index in [0.29, 0.717) is 18.3 Å². The molecule has 3 atom stereocenters. The summed E-state index contributed by atoms with van der Waals surface area (Å²) in [7, 11) is 1.11. The minimum absolute atomic E-state index is 0.0623. The SMILES string of the molecule is COC(=O)C(=[N+]=[N-])C(=O)O[C@@H]1CC2=CC[C@H](C(C)C)[C@@]2(C)CC=C1C. The summed E-state index contributed by atoms with van der Waals surface area (Å²) < 4.78 is 9.90. The predicted octanol–water partition coefficient (Wildman–Crippen LogP) is 3.09. The van der Waals surface area contributed by atoms with Crippen molar-refractivity contribution in [3.63, 3.8) is 0 Å². The second-order valence-electron chi connectivity index (χ2n) is 7.42. The summed E-state index contributed by atoms with van der Waals surface area (Å²) in [5.74, 6) is -0.869. The Morgan fingerprint density at radius 3 is 2.56 bits per heavy atom. The lowest BCUT2D eigenvalue weighted by Crippen LogP contribution is -2.33. The van der Waals surface area contributed by atoms with Gasteiger partial charge in [-0.2, -0.15) is 4.79 Å². The van der Waals surface area contributed by atoms with E-state index in [4.69, 9.17) is 10.3 Å². The average molecular weight is 346 g/mol. The van der Waals surface area contributed by atoms with E-state index < -0.39 is 23.8 Å². The standard InChI is InChI=1S/C19H26N2O4/c1-11(2)14-7-6-13-10-15(12(3)8-9-19(13,14)4)25-18(23)16(21-20)17(22)24-5/h6,8,11,14-15H,7,9-10H2,1-5H3/t14-,15-,19+/m1/s1. The van der Waals surface area contributed by atoms with Gasteiger partial charge in [0.1, 0.15) is 6.10 Å². The van der Waals surface area contributed by atoms with Crippen molar-refractivity contribution in [3.8, 4) is 0 Å². The summed E-state index contributed by atoms with van der Waals surface area (Å²) in [6.45, 7) is 8.68. The molecule has 0 unspecified atom stereocenters. The number of methoxy groups -OCH3 is 1. The van der Waals surface area contributed by atoms with Crippen LogP contribution in [0.15, 0.2) is 23.3 Å². The molecule has 0 aromatic rings. The van der Waals surface area contributed by atoms with Gasteiger partial charge in [-0.3, -0.25) is 0 Å². The van der Waals surface area contributed by atoms with Crippen LogP contribution in [0.3, 0.4) is 0 Å². The highest BCUT2D eigenvalue weighted by atomic mass is 16.6. The lowest BCUT2D eigenvalue weighted by atomic mass is 9.68. The number of carbonyl (C=O) groups excluding carboxylic acids is 2. The molecule has 0 saturated carbocycles. The molecule has 6 heteroatoms. The summed E-state index contributed by atoms with van der Waals surface area (Å²) in [6.07, 6.45) is 6.43. The predicted molar refractivity (Wildman–Crippen MR) is 92.6 cm³/mol. The Morgan fingerprint density at radius 1 is 1.32 bits per heavy atom. The van der Waals surface area contributed by atoms with E-state index in [-0.39, 0.29) is 5.41 Å². The van der Waals surface area contributed by atoms with Crippen LogP contribution in [0, 0.1) is 17.3 Å². The van der Waals surface area contributed by atoms with E-state index in [1.54, 1.807) is 0 Å². The molecule has 0 aliphatic heterocycles. The largest absolute Gasteiger partial charge is 0.482 e. The molecule has 2 aliphatic rings. The first-order valence-electron chi connectivity index (χ1n) is 8.62. The number of hydrogen-bond donors (Lipinski definition) is 0. The first-order chi connectivity index (χ1) is 11.7. The molecule has 0 saturated heterocycles. The third-order valence-corrected chi connectivity index (χ3v) is 5.66. The fraction of sp³-hybridized carbons (Fsp3) is 0.632. The number of hydrogen-bond acceptors (Lipinski definition) is 4. The maximum atomic E-state index is 12.2. The van der Waals surface area contributed by atoms with Gasteiger partial charge in [0.15, 0.2) is 0 Å². The maximum absolute atomic E-state index is 12.2. The fourth-order valence-corrected chi connectivity index (χ4v) is 4.05. The van der Waals surface area contributed by atoms with Gasteiger partial charge in [0.2, 0.25) is 0 Å². The van der Waals surface area contributed by atoms with Crippen LogP contribution in [0.1, 0.15) is 47.0 Å². The number of ether oxygens (including phenoxy) is 2. The normalized spacial score (nSPS) is 28.2. The zero-order valence-corrected chi connectivity index (χ0v) is 15.5. The zero-order valence-electron chi connectivity index (χ0n) is 15.5. The van der Waals surface area contributed by atoms with Crippen molar-refractivity contribution in [2.75, 3.05) is 7.11 Å². The van der Waals surface area contributed by atoms with E-state index in [0.717, 1.165) is 25.5 Å². The Morgan fingerprint density at radius 2 is 2.00 bits per heavy atom. The summed E-state index contributed by atoms with van der Waals surface area (Å²) in [6, 6.07) is 0. The lowest BCUT2D eigenvalue weighted by molar-refractivity contribution is -0.150. The van der Waals surface area contributed by atoms with Gasteiger partial charge in [0.25, 0.3) is 0 Å².